The summed E-state index contributed by atoms with van der Waals surface area (Å²) in [5.41, 5.74) is 5.62. The van der Waals surface area contributed by atoms with E-state index in [0.717, 1.165) is 25.1 Å². The first kappa shape index (κ1) is 14.2. The molecule has 106 valence electrons. The second kappa shape index (κ2) is 5.44. The van der Waals surface area contributed by atoms with Gasteiger partial charge in [0.1, 0.15) is 5.82 Å². The first-order chi connectivity index (χ1) is 8.89. The van der Waals surface area contributed by atoms with Gasteiger partial charge in [-0.15, -0.1) is 0 Å². The highest BCUT2D eigenvalue weighted by Gasteiger charge is 2.26. The van der Waals surface area contributed by atoms with Gasteiger partial charge in [-0.2, -0.15) is 4.31 Å². The predicted molar refractivity (Wildman–Crippen MR) is 71.7 cm³/mol. The molecule has 0 bridgehead atoms. The zero-order valence-corrected chi connectivity index (χ0v) is 11.7. The van der Waals surface area contributed by atoms with Crippen LogP contribution < -0.4 is 5.73 Å². The summed E-state index contributed by atoms with van der Waals surface area (Å²) in [7, 11) is -1.71. The van der Waals surface area contributed by atoms with Crippen LogP contribution in [0.5, 0.6) is 0 Å². The van der Waals surface area contributed by atoms with Crippen molar-refractivity contribution in [1.82, 2.24) is 9.21 Å². The van der Waals surface area contributed by atoms with Gasteiger partial charge < -0.3 is 10.6 Å². The number of halogens is 1. The third kappa shape index (κ3) is 3.23. The van der Waals surface area contributed by atoms with Crippen molar-refractivity contribution in [3.63, 3.8) is 0 Å². The molecule has 0 unspecified atom stereocenters. The van der Waals surface area contributed by atoms with Crippen molar-refractivity contribution in [2.75, 3.05) is 39.0 Å². The van der Waals surface area contributed by atoms with Crippen molar-refractivity contribution in [3.8, 4) is 0 Å². The van der Waals surface area contributed by atoms with Crippen LogP contribution in [-0.2, 0) is 10.0 Å². The predicted octanol–water partition coefficient (Wildman–Crippen LogP) is 0.734. The van der Waals surface area contributed by atoms with E-state index in [4.69, 9.17) is 5.73 Å². The van der Waals surface area contributed by atoms with Crippen molar-refractivity contribution in [2.45, 2.75) is 11.3 Å². The Morgan fingerprint density at radius 3 is 2.58 bits per heavy atom. The average molecular weight is 287 g/mol. The minimum atomic E-state index is -3.67. The Kier molecular flexibility index (Phi) is 4.07. The fourth-order valence-electron chi connectivity index (χ4n) is 2.15. The van der Waals surface area contributed by atoms with Crippen molar-refractivity contribution < 1.29 is 12.8 Å². The van der Waals surface area contributed by atoms with Crippen LogP contribution in [0.3, 0.4) is 0 Å². The molecule has 1 fully saturated rings. The maximum atomic E-state index is 13.3. The Morgan fingerprint density at radius 1 is 1.16 bits per heavy atom. The SMILES string of the molecule is CN1CCCN(S(=O)(=O)c2cc(N)cc(F)c2)CC1. The summed E-state index contributed by atoms with van der Waals surface area (Å²) in [6.07, 6.45) is 0.764. The molecule has 0 radical (unpaired) electrons. The molecule has 0 spiro atoms. The van der Waals surface area contributed by atoms with E-state index in [1.165, 1.54) is 10.4 Å². The third-order valence-electron chi connectivity index (χ3n) is 3.21. The number of rotatable bonds is 2. The molecule has 1 aliphatic rings. The van der Waals surface area contributed by atoms with Crippen molar-refractivity contribution in [2.24, 2.45) is 0 Å². The first-order valence-corrected chi connectivity index (χ1v) is 7.58. The van der Waals surface area contributed by atoms with Crippen LogP contribution in [-0.4, -0.2) is 50.8 Å². The second-order valence-corrected chi connectivity index (χ2v) is 6.72. The van der Waals surface area contributed by atoms with Crippen LogP contribution >= 0.6 is 0 Å². The number of anilines is 1. The molecule has 0 atom stereocenters. The van der Waals surface area contributed by atoms with E-state index in [9.17, 15) is 12.8 Å². The lowest BCUT2D eigenvalue weighted by Crippen LogP contribution is -2.34. The van der Waals surface area contributed by atoms with Crippen LogP contribution in [0, 0.1) is 5.82 Å². The minimum Gasteiger partial charge on any atom is -0.399 e. The number of hydrogen-bond donors (Lipinski definition) is 1. The number of likely N-dealkylation sites (N-methyl/N-ethyl adjacent to an activating group) is 1. The number of benzene rings is 1. The highest BCUT2D eigenvalue weighted by Crippen LogP contribution is 2.21. The molecule has 1 aliphatic heterocycles. The maximum absolute atomic E-state index is 13.3. The number of nitrogen functional groups attached to an aromatic ring is 1. The monoisotopic (exact) mass is 287 g/mol. The number of hydrogen-bond acceptors (Lipinski definition) is 4. The molecule has 2 rings (SSSR count). The lowest BCUT2D eigenvalue weighted by molar-refractivity contribution is 0.347. The van der Waals surface area contributed by atoms with E-state index < -0.39 is 15.8 Å². The maximum Gasteiger partial charge on any atom is 0.243 e. The molecule has 7 heteroatoms. The van der Waals surface area contributed by atoms with Gasteiger partial charge in [-0.05, 0) is 38.2 Å². The third-order valence-corrected chi connectivity index (χ3v) is 5.09. The van der Waals surface area contributed by atoms with Gasteiger partial charge in [-0.25, -0.2) is 12.8 Å². The van der Waals surface area contributed by atoms with Crippen LogP contribution in [0.2, 0.25) is 0 Å². The zero-order valence-electron chi connectivity index (χ0n) is 10.8. The van der Waals surface area contributed by atoms with Gasteiger partial charge in [0.05, 0.1) is 4.90 Å². The molecular weight excluding hydrogens is 269 g/mol. The van der Waals surface area contributed by atoms with E-state index in [1.54, 1.807) is 0 Å². The highest BCUT2D eigenvalue weighted by molar-refractivity contribution is 7.89. The van der Waals surface area contributed by atoms with Crippen LogP contribution in [0.4, 0.5) is 10.1 Å². The van der Waals surface area contributed by atoms with Gasteiger partial charge in [0.25, 0.3) is 0 Å². The molecule has 5 nitrogen and oxygen atoms in total. The summed E-state index contributed by atoms with van der Waals surface area (Å²) < 4.78 is 39.6. The fraction of sp³-hybridized carbons (Fsp3) is 0.500. The highest BCUT2D eigenvalue weighted by atomic mass is 32.2. The van der Waals surface area contributed by atoms with Crippen molar-refractivity contribution in [1.29, 1.82) is 0 Å². The Morgan fingerprint density at radius 2 is 1.89 bits per heavy atom. The van der Waals surface area contributed by atoms with Gasteiger partial charge in [0.15, 0.2) is 0 Å². The van der Waals surface area contributed by atoms with E-state index in [1.807, 2.05) is 7.05 Å². The Bertz CT molecular complexity index is 542. The summed E-state index contributed by atoms with van der Waals surface area (Å²) in [6, 6.07) is 3.42. The summed E-state index contributed by atoms with van der Waals surface area (Å²) in [6.45, 7) is 2.39. The summed E-state index contributed by atoms with van der Waals surface area (Å²) in [4.78, 5) is 2.00. The Balaban J connectivity index is 2.30. The Hall–Kier alpha value is -1.18. The molecule has 0 saturated carbocycles. The number of nitrogens with two attached hydrogens (primary N) is 1. The molecular formula is C12H18FN3O2S. The van der Waals surface area contributed by atoms with Gasteiger partial charge in [0, 0.05) is 25.3 Å². The van der Waals surface area contributed by atoms with E-state index in [0.29, 0.717) is 19.6 Å². The number of sulfonamides is 1. The molecule has 0 amide bonds. The lowest BCUT2D eigenvalue weighted by Gasteiger charge is -2.20. The molecule has 1 aromatic carbocycles. The molecule has 1 aromatic rings. The summed E-state index contributed by atoms with van der Waals surface area (Å²) in [5.74, 6) is -0.634. The number of nitrogens with zero attached hydrogens (tertiary/aromatic N) is 2. The smallest absolute Gasteiger partial charge is 0.243 e. The summed E-state index contributed by atoms with van der Waals surface area (Å²) >= 11 is 0. The van der Waals surface area contributed by atoms with E-state index >= 15 is 0 Å². The van der Waals surface area contributed by atoms with Gasteiger partial charge >= 0.3 is 0 Å². The summed E-state index contributed by atoms with van der Waals surface area (Å²) in [5, 5.41) is 0. The molecule has 0 aromatic heterocycles. The van der Waals surface area contributed by atoms with Crippen LogP contribution in [0.15, 0.2) is 23.1 Å². The standard InChI is InChI=1S/C12H18FN3O2S/c1-15-3-2-4-16(6-5-15)19(17,18)12-8-10(13)7-11(14)9-12/h7-9H,2-6,14H2,1H3. The topological polar surface area (TPSA) is 66.6 Å². The molecule has 0 aliphatic carbocycles. The minimum absolute atomic E-state index is 0.0745. The molecule has 2 N–H and O–H groups in total. The van der Waals surface area contributed by atoms with Crippen molar-refractivity contribution in [3.05, 3.63) is 24.0 Å². The first-order valence-electron chi connectivity index (χ1n) is 6.14. The fourth-order valence-corrected chi connectivity index (χ4v) is 3.68. The zero-order chi connectivity index (χ0) is 14.0. The van der Waals surface area contributed by atoms with Crippen molar-refractivity contribution >= 4 is 15.7 Å². The normalized spacial score (nSPS) is 19.3. The Labute approximate surface area is 112 Å². The lowest BCUT2D eigenvalue weighted by atomic mass is 10.3. The van der Waals surface area contributed by atoms with Crippen LogP contribution in [0.1, 0.15) is 6.42 Å². The molecule has 1 saturated heterocycles. The quantitative estimate of drug-likeness (QED) is 0.815. The second-order valence-electron chi connectivity index (χ2n) is 4.78. The average Bonchev–Trinajstić information content (AvgIpc) is 2.53. The molecule has 19 heavy (non-hydrogen) atoms. The van der Waals surface area contributed by atoms with Gasteiger partial charge in [-0.1, -0.05) is 0 Å². The van der Waals surface area contributed by atoms with E-state index in [-0.39, 0.29) is 10.6 Å². The van der Waals surface area contributed by atoms with E-state index in [2.05, 4.69) is 4.90 Å². The largest absolute Gasteiger partial charge is 0.399 e. The van der Waals surface area contributed by atoms with Crippen LogP contribution in [0.25, 0.3) is 0 Å². The van der Waals surface area contributed by atoms with Gasteiger partial charge in [-0.3, -0.25) is 0 Å². The molecule has 1 heterocycles. The van der Waals surface area contributed by atoms with Gasteiger partial charge in [0.2, 0.25) is 10.0 Å².